The van der Waals surface area contributed by atoms with E-state index >= 15 is 0 Å². The summed E-state index contributed by atoms with van der Waals surface area (Å²) in [5.74, 6) is -1.18. The molecule has 0 spiro atoms. The number of hydrogen-bond donors (Lipinski definition) is 3. The lowest BCUT2D eigenvalue weighted by molar-refractivity contribution is -0.152. The molecular formula is C24H32N4O4. The van der Waals surface area contributed by atoms with E-state index in [4.69, 9.17) is 5.21 Å². The Balaban J connectivity index is 1.68. The summed E-state index contributed by atoms with van der Waals surface area (Å²) in [6.07, 6.45) is 0.616. The molecule has 2 amide bonds. The molecule has 1 aliphatic rings. The van der Waals surface area contributed by atoms with Crippen LogP contribution in [0.15, 0.2) is 48.7 Å². The van der Waals surface area contributed by atoms with Crippen LogP contribution < -0.4 is 10.4 Å². The van der Waals surface area contributed by atoms with Gasteiger partial charge in [0.1, 0.15) is 11.9 Å². The Labute approximate surface area is 188 Å². The minimum absolute atomic E-state index is 0.106. The highest BCUT2D eigenvalue weighted by Gasteiger charge is 2.38. The smallest absolute Gasteiger partial charge is 0.272 e. The lowest BCUT2D eigenvalue weighted by Gasteiger charge is -2.42. The fourth-order valence-corrected chi connectivity index (χ4v) is 4.20. The number of aliphatic hydroxyl groups is 1. The first kappa shape index (κ1) is 23.7. The van der Waals surface area contributed by atoms with Crippen molar-refractivity contribution in [1.82, 2.24) is 15.4 Å². The standard InChI is InChI=1S/C24H32N4O4/c1-16(2)13-20(22(29)23(30)26-32)24(31)28-12-11-27(15-17(28)3)21-10-9-19(14-25-21)18-7-5-4-6-8-18/h4-10,14,16-17,20,22,29,32H,11-13,15H2,1-3H3,(H,26,30)/t17-,20?,22?/m1/s1. The molecule has 3 N–H and O–H groups in total. The molecule has 1 aromatic carbocycles. The number of anilines is 1. The van der Waals surface area contributed by atoms with Gasteiger partial charge >= 0.3 is 0 Å². The highest BCUT2D eigenvalue weighted by atomic mass is 16.5. The lowest BCUT2D eigenvalue weighted by Crippen LogP contribution is -2.57. The second-order valence-electron chi connectivity index (χ2n) is 8.75. The monoisotopic (exact) mass is 440 g/mol. The third kappa shape index (κ3) is 5.44. The van der Waals surface area contributed by atoms with Crippen LogP contribution in [0, 0.1) is 11.8 Å². The summed E-state index contributed by atoms with van der Waals surface area (Å²) in [6, 6.07) is 14.0. The molecule has 1 fully saturated rings. The van der Waals surface area contributed by atoms with Gasteiger partial charge in [-0.2, -0.15) is 0 Å². The van der Waals surface area contributed by atoms with Crippen LogP contribution in [0.4, 0.5) is 5.82 Å². The van der Waals surface area contributed by atoms with Crippen LogP contribution in [0.3, 0.4) is 0 Å². The topological polar surface area (TPSA) is 106 Å². The van der Waals surface area contributed by atoms with Crippen molar-refractivity contribution in [1.29, 1.82) is 0 Å². The van der Waals surface area contributed by atoms with Crippen molar-refractivity contribution in [3.05, 3.63) is 48.7 Å². The van der Waals surface area contributed by atoms with Crippen LogP contribution >= 0.6 is 0 Å². The van der Waals surface area contributed by atoms with Crippen molar-refractivity contribution in [2.24, 2.45) is 11.8 Å². The van der Waals surface area contributed by atoms with Gasteiger partial charge in [0.2, 0.25) is 5.91 Å². The van der Waals surface area contributed by atoms with Gasteiger partial charge in [-0.3, -0.25) is 14.8 Å². The Kier molecular flexibility index (Phi) is 7.82. The summed E-state index contributed by atoms with van der Waals surface area (Å²) in [4.78, 5) is 33.5. The van der Waals surface area contributed by atoms with Gasteiger partial charge < -0.3 is 14.9 Å². The van der Waals surface area contributed by atoms with Gasteiger partial charge in [0.05, 0.1) is 5.92 Å². The van der Waals surface area contributed by atoms with Gasteiger partial charge in [0.25, 0.3) is 5.91 Å². The highest BCUT2D eigenvalue weighted by Crippen LogP contribution is 2.25. The summed E-state index contributed by atoms with van der Waals surface area (Å²) in [5.41, 5.74) is 3.61. The number of amides is 2. The van der Waals surface area contributed by atoms with Gasteiger partial charge in [-0.05, 0) is 37.0 Å². The minimum atomic E-state index is -1.59. The Morgan fingerprint density at radius 3 is 2.41 bits per heavy atom. The van der Waals surface area contributed by atoms with Gasteiger partial charge in [0.15, 0.2) is 0 Å². The molecule has 0 bridgehead atoms. The molecule has 2 aromatic rings. The van der Waals surface area contributed by atoms with E-state index in [0.29, 0.717) is 26.1 Å². The van der Waals surface area contributed by atoms with Gasteiger partial charge in [-0.25, -0.2) is 10.5 Å². The van der Waals surface area contributed by atoms with Crippen molar-refractivity contribution in [3.8, 4) is 11.1 Å². The Bertz CT molecular complexity index is 904. The van der Waals surface area contributed by atoms with Crippen LogP contribution in [-0.4, -0.2) is 63.8 Å². The second-order valence-corrected chi connectivity index (χ2v) is 8.75. The molecule has 172 valence electrons. The molecule has 0 aliphatic carbocycles. The van der Waals surface area contributed by atoms with E-state index in [9.17, 15) is 14.7 Å². The first-order valence-corrected chi connectivity index (χ1v) is 11.0. The van der Waals surface area contributed by atoms with Crippen LogP contribution in [0.1, 0.15) is 27.2 Å². The fourth-order valence-electron chi connectivity index (χ4n) is 4.20. The number of nitrogens with zero attached hydrogens (tertiary/aromatic N) is 3. The first-order chi connectivity index (χ1) is 15.3. The number of carbonyl (C=O) groups is 2. The number of rotatable bonds is 7. The van der Waals surface area contributed by atoms with E-state index < -0.39 is 17.9 Å². The molecule has 8 nitrogen and oxygen atoms in total. The molecule has 0 saturated carbocycles. The summed E-state index contributed by atoms with van der Waals surface area (Å²) in [5, 5.41) is 19.2. The normalized spacial score (nSPS) is 18.4. The summed E-state index contributed by atoms with van der Waals surface area (Å²) < 4.78 is 0. The summed E-state index contributed by atoms with van der Waals surface area (Å²) in [6.45, 7) is 7.47. The fraction of sp³-hybridized carbons (Fsp3) is 0.458. The second kappa shape index (κ2) is 10.6. The maximum absolute atomic E-state index is 13.2. The SMILES string of the molecule is CC(C)CC(C(=O)N1CCN(c2ccc(-c3ccccc3)cn2)C[C@H]1C)C(O)C(=O)NO. The molecule has 8 heteroatoms. The number of aliphatic hydroxyl groups excluding tert-OH is 1. The largest absolute Gasteiger partial charge is 0.382 e. The third-order valence-corrected chi connectivity index (χ3v) is 5.89. The predicted molar refractivity (Wildman–Crippen MR) is 122 cm³/mol. The third-order valence-electron chi connectivity index (χ3n) is 5.89. The van der Waals surface area contributed by atoms with Crippen molar-refractivity contribution in [2.75, 3.05) is 24.5 Å². The molecule has 0 radical (unpaired) electrons. The zero-order valence-corrected chi connectivity index (χ0v) is 18.8. The van der Waals surface area contributed by atoms with E-state index in [2.05, 4.69) is 9.88 Å². The van der Waals surface area contributed by atoms with Crippen molar-refractivity contribution < 1.29 is 19.9 Å². The molecule has 1 aromatic heterocycles. The van der Waals surface area contributed by atoms with Gasteiger partial charge in [0, 0.05) is 37.4 Å². The van der Waals surface area contributed by atoms with Crippen molar-refractivity contribution in [2.45, 2.75) is 39.3 Å². The average Bonchev–Trinajstić information content (AvgIpc) is 2.81. The first-order valence-electron chi connectivity index (χ1n) is 11.0. The van der Waals surface area contributed by atoms with E-state index in [1.54, 1.807) is 4.90 Å². The number of hydroxylamine groups is 1. The van der Waals surface area contributed by atoms with E-state index in [0.717, 1.165) is 16.9 Å². The molecule has 2 heterocycles. The molecule has 2 unspecified atom stereocenters. The number of nitrogens with one attached hydrogen (secondary N) is 1. The molecule has 1 saturated heterocycles. The molecule has 3 rings (SSSR count). The number of carbonyl (C=O) groups excluding carboxylic acids is 2. The summed E-state index contributed by atoms with van der Waals surface area (Å²) >= 11 is 0. The zero-order valence-electron chi connectivity index (χ0n) is 18.8. The molecular weight excluding hydrogens is 408 g/mol. The van der Waals surface area contributed by atoms with Crippen molar-refractivity contribution >= 4 is 17.6 Å². The number of piperazine rings is 1. The van der Waals surface area contributed by atoms with E-state index in [1.165, 1.54) is 5.48 Å². The Morgan fingerprint density at radius 1 is 1.12 bits per heavy atom. The highest BCUT2D eigenvalue weighted by molar-refractivity contribution is 5.89. The quantitative estimate of drug-likeness (QED) is 0.451. The Morgan fingerprint density at radius 2 is 1.84 bits per heavy atom. The molecule has 3 atom stereocenters. The number of aromatic nitrogens is 1. The minimum Gasteiger partial charge on any atom is -0.382 e. The molecule has 1 aliphatic heterocycles. The van der Waals surface area contributed by atoms with Crippen LogP contribution in [-0.2, 0) is 9.59 Å². The lowest BCUT2D eigenvalue weighted by atomic mass is 9.89. The van der Waals surface area contributed by atoms with Crippen LogP contribution in [0.5, 0.6) is 0 Å². The number of benzene rings is 1. The zero-order chi connectivity index (χ0) is 23.3. The predicted octanol–water partition coefficient (Wildman–Crippen LogP) is 2.31. The maximum Gasteiger partial charge on any atom is 0.272 e. The average molecular weight is 441 g/mol. The van der Waals surface area contributed by atoms with Gasteiger partial charge in [-0.15, -0.1) is 0 Å². The molecule has 32 heavy (non-hydrogen) atoms. The van der Waals surface area contributed by atoms with Crippen LogP contribution in [0.25, 0.3) is 11.1 Å². The van der Waals surface area contributed by atoms with Crippen molar-refractivity contribution in [3.63, 3.8) is 0 Å². The van der Waals surface area contributed by atoms with Crippen LogP contribution in [0.2, 0.25) is 0 Å². The Hall–Kier alpha value is -2.97. The van der Waals surface area contributed by atoms with E-state index in [1.807, 2.05) is 69.4 Å². The summed E-state index contributed by atoms with van der Waals surface area (Å²) in [7, 11) is 0. The number of hydrogen-bond acceptors (Lipinski definition) is 6. The maximum atomic E-state index is 13.2. The van der Waals surface area contributed by atoms with Gasteiger partial charge in [-0.1, -0.05) is 44.2 Å². The number of pyridine rings is 1. The van der Waals surface area contributed by atoms with E-state index in [-0.39, 0.29) is 17.9 Å².